The Morgan fingerprint density at radius 1 is 1.29 bits per heavy atom. The van der Waals surface area contributed by atoms with Gasteiger partial charge in [-0.1, -0.05) is 0 Å². The summed E-state index contributed by atoms with van der Waals surface area (Å²) >= 11 is 0. The molecule has 0 unspecified atom stereocenters. The topological polar surface area (TPSA) is 59.5 Å². The molecule has 2 heterocycles. The van der Waals surface area contributed by atoms with Crippen LogP contribution >= 0.6 is 0 Å². The van der Waals surface area contributed by atoms with Crippen LogP contribution in [0.15, 0.2) is 6.07 Å². The van der Waals surface area contributed by atoms with Crippen LogP contribution in [0, 0.1) is 0 Å². The molecule has 0 saturated carbocycles. The smallest absolute Gasteiger partial charge is 0.232 e. The van der Waals surface area contributed by atoms with Crippen molar-refractivity contribution in [3.05, 3.63) is 6.07 Å². The summed E-state index contributed by atoms with van der Waals surface area (Å²) in [5.41, 5.74) is 0. The molecule has 0 bridgehead atoms. The second-order valence-corrected chi connectivity index (χ2v) is 4.05. The van der Waals surface area contributed by atoms with Gasteiger partial charge in [0, 0.05) is 25.7 Å². The number of piperazine rings is 1. The molecule has 1 aliphatic rings. The van der Waals surface area contributed by atoms with Crippen molar-refractivity contribution >= 4 is 5.95 Å². The van der Waals surface area contributed by atoms with Gasteiger partial charge in [0.2, 0.25) is 17.7 Å². The van der Waals surface area contributed by atoms with E-state index in [0.717, 1.165) is 19.6 Å². The first-order valence-electron chi connectivity index (χ1n) is 5.68. The van der Waals surface area contributed by atoms with Crippen molar-refractivity contribution in [3.8, 4) is 11.8 Å². The minimum atomic E-state index is 0.435. The van der Waals surface area contributed by atoms with Gasteiger partial charge in [-0.25, -0.2) is 0 Å². The number of aromatic nitrogens is 2. The zero-order chi connectivity index (χ0) is 12.3. The molecule has 0 aliphatic carbocycles. The number of ether oxygens (including phenoxy) is 2. The van der Waals surface area contributed by atoms with E-state index in [2.05, 4.69) is 27.1 Å². The van der Waals surface area contributed by atoms with Crippen LogP contribution in [-0.4, -0.2) is 49.9 Å². The Morgan fingerprint density at radius 3 is 2.47 bits per heavy atom. The van der Waals surface area contributed by atoms with Gasteiger partial charge in [-0.05, 0) is 6.92 Å². The van der Waals surface area contributed by atoms with Gasteiger partial charge in [-0.15, -0.1) is 0 Å². The summed E-state index contributed by atoms with van der Waals surface area (Å²) in [6.07, 6.45) is 0. The predicted octanol–water partition coefficient (Wildman–Crippen LogP) is 0.292. The van der Waals surface area contributed by atoms with Crippen molar-refractivity contribution in [3.63, 3.8) is 0 Å². The highest BCUT2D eigenvalue weighted by Gasteiger charge is 2.19. The monoisotopic (exact) mass is 238 g/mol. The number of rotatable bonds is 3. The number of methoxy groups -OCH3 is 2. The third kappa shape index (κ3) is 2.76. The van der Waals surface area contributed by atoms with Crippen LogP contribution in [0.3, 0.4) is 0 Å². The fourth-order valence-electron chi connectivity index (χ4n) is 1.86. The van der Waals surface area contributed by atoms with Crippen LogP contribution in [0.5, 0.6) is 11.8 Å². The summed E-state index contributed by atoms with van der Waals surface area (Å²) in [6.45, 7) is 4.85. The summed E-state index contributed by atoms with van der Waals surface area (Å²) in [5.74, 6) is 1.71. The maximum Gasteiger partial charge on any atom is 0.232 e. The van der Waals surface area contributed by atoms with E-state index in [1.54, 1.807) is 20.3 Å². The van der Waals surface area contributed by atoms with Gasteiger partial charge in [0.25, 0.3) is 0 Å². The number of hydrogen-bond donors (Lipinski definition) is 1. The number of hydrogen-bond acceptors (Lipinski definition) is 6. The average molecular weight is 238 g/mol. The first-order valence-corrected chi connectivity index (χ1v) is 5.68. The molecule has 0 radical (unpaired) electrons. The van der Waals surface area contributed by atoms with Crippen molar-refractivity contribution < 1.29 is 9.47 Å². The standard InChI is InChI=1S/C11H18N4O2/c1-8-7-15(5-4-12-8)11-13-9(16-2)6-10(14-11)17-3/h6,8,12H,4-5,7H2,1-3H3/t8-/m1/s1. The summed E-state index contributed by atoms with van der Waals surface area (Å²) in [5, 5.41) is 3.38. The summed E-state index contributed by atoms with van der Waals surface area (Å²) < 4.78 is 10.3. The number of anilines is 1. The predicted molar refractivity (Wildman–Crippen MR) is 64.8 cm³/mol. The first kappa shape index (κ1) is 11.9. The molecule has 17 heavy (non-hydrogen) atoms. The maximum atomic E-state index is 5.14. The highest BCUT2D eigenvalue weighted by atomic mass is 16.5. The largest absolute Gasteiger partial charge is 0.481 e. The van der Waals surface area contributed by atoms with Crippen molar-refractivity contribution in [2.45, 2.75) is 13.0 Å². The van der Waals surface area contributed by atoms with Crippen LogP contribution in [0.4, 0.5) is 5.95 Å². The fourth-order valence-corrected chi connectivity index (χ4v) is 1.86. The third-order valence-electron chi connectivity index (χ3n) is 2.74. The Morgan fingerprint density at radius 2 is 1.94 bits per heavy atom. The summed E-state index contributed by atoms with van der Waals surface area (Å²) in [4.78, 5) is 10.8. The molecular formula is C11H18N4O2. The highest BCUT2D eigenvalue weighted by molar-refractivity contribution is 5.37. The molecule has 6 heteroatoms. The molecule has 0 amide bonds. The van der Waals surface area contributed by atoms with Crippen molar-refractivity contribution in [2.75, 3.05) is 38.8 Å². The van der Waals surface area contributed by atoms with Gasteiger partial charge in [0.15, 0.2) is 0 Å². The molecule has 1 atom stereocenters. The molecule has 1 aromatic heterocycles. The Labute approximate surface area is 101 Å². The second-order valence-electron chi connectivity index (χ2n) is 4.05. The Hall–Kier alpha value is -1.56. The third-order valence-corrected chi connectivity index (χ3v) is 2.74. The van der Waals surface area contributed by atoms with Crippen LogP contribution in [-0.2, 0) is 0 Å². The van der Waals surface area contributed by atoms with E-state index in [4.69, 9.17) is 9.47 Å². The van der Waals surface area contributed by atoms with E-state index in [1.807, 2.05) is 0 Å². The minimum Gasteiger partial charge on any atom is -0.481 e. The molecule has 0 aromatic carbocycles. The maximum absolute atomic E-state index is 5.14. The molecular weight excluding hydrogens is 220 g/mol. The van der Waals surface area contributed by atoms with Crippen LogP contribution < -0.4 is 19.7 Å². The normalized spacial score (nSPS) is 20.2. The van der Waals surface area contributed by atoms with Crippen LogP contribution in [0.2, 0.25) is 0 Å². The van der Waals surface area contributed by atoms with Crippen molar-refractivity contribution in [1.29, 1.82) is 0 Å². The molecule has 2 rings (SSSR count). The fraction of sp³-hybridized carbons (Fsp3) is 0.636. The van der Waals surface area contributed by atoms with Gasteiger partial charge < -0.3 is 19.7 Å². The minimum absolute atomic E-state index is 0.435. The van der Waals surface area contributed by atoms with E-state index in [1.165, 1.54) is 0 Å². The average Bonchev–Trinajstić information content (AvgIpc) is 2.38. The Kier molecular flexibility index (Phi) is 3.63. The molecule has 0 spiro atoms. The molecule has 1 aliphatic heterocycles. The Balaban J connectivity index is 2.23. The van der Waals surface area contributed by atoms with Crippen LogP contribution in [0.25, 0.3) is 0 Å². The van der Waals surface area contributed by atoms with Crippen LogP contribution in [0.1, 0.15) is 6.92 Å². The zero-order valence-corrected chi connectivity index (χ0v) is 10.4. The molecule has 1 N–H and O–H groups in total. The lowest BCUT2D eigenvalue weighted by Gasteiger charge is -2.31. The van der Waals surface area contributed by atoms with Gasteiger partial charge in [0.05, 0.1) is 20.3 Å². The van der Waals surface area contributed by atoms with Gasteiger partial charge >= 0.3 is 0 Å². The zero-order valence-electron chi connectivity index (χ0n) is 10.4. The van der Waals surface area contributed by atoms with Gasteiger partial charge in [-0.3, -0.25) is 0 Å². The molecule has 94 valence electrons. The van der Waals surface area contributed by atoms with Crippen molar-refractivity contribution in [1.82, 2.24) is 15.3 Å². The quantitative estimate of drug-likeness (QED) is 0.817. The second kappa shape index (κ2) is 5.18. The lowest BCUT2D eigenvalue weighted by molar-refractivity contribution is 0.370. The van der Waals surface area contributed by atoms with E-state index >= 15 is 0 Å². The van der Waals surface area contributed by atoms with E-state index in [9.17, 15) is 0 Å². The number of nitrogens with zero attached hydrogens (tertiary/aromatic N) is 3. The van der Waals surface area contributed by atoms with Gasteiger partial charge in [0.1, 0.15) is 0 Å². The molecule has 1 fully saturated rings. The summed E-state index contributed by atoms with van der Waals surface area (Å²) in [7, 11) is 3.18. The SMILES string of the molecule is COc1cc(OC)nc(N2CCN[C@H](C)C2)n1. The highest BCUT2D eigenvalue weighted by Crippen LogP contribution is 2.20. The molecule has 1 saturated heterocycles. The number of nitrogens with one attached hydrogen (secondary N) is 1. The summed E-state index contributed by atoms with van der Waals surface area (Å²) in [6, 6.07) is 2.11. The van der Waals surface area contributed by atoms with E-state index in [0.29, 0.717) is 23.8 Å². The first-order chi connectivity index (χ1) is 8.22. The lowest BCUT2D eigenvalue weighted by atomic mass is 10.2. The lowest BCUT2D eigenvalue weighted by Crippen LogP contribution is -2.49. The van der Waals surface area contributed by atoms with Crippen molar-refractivity contribution in [2.24, 2.45) is 0 Å². The molecule has 1 aromatic rings. The van der Waals surface area contributed by atoms with E-state index in [-0.39, 0.29) is 0 Å². The van der Waals surface area contributed by atoms with Gasteiger partial charge in [-0.2, -0.15) is 9.97 Å². The van der Waals surface area contributed by atoms with E-state index < -0.39 is 0 Å². The molecule has 6 nitrogen and oxygen atoms in total. The Bertz CT molecular complexity index is 363.